The highest BCUT2D eigenvalue weighted by Crippen LogP contribution is 2.55. The molecule has 0 radical (unpaired) electrons. The Hall–Kier alpha value is -3.85. The molecule has 2 amide bonds. The van der Waals surface area contributed by atoms with Crippen LogP contribution >= 0.6 is 0 Å². The molecule has 0 unspecified atom stereocenters. The summed E-state index contributed by atoms with van der Waals surface area (Å²) in [4.78, 5) is 13.2. The van der Waals surface area contributed by atoms with Crippen molar-refractivity contribution in [3.8, 4) is 0 Å². The van der Waals surface area contributed by atoms with Crippen molar-refractivity contribution in [2.45, 2.75) is 35.8 Å². The van der Waals surface area contributed by atoms with E-state index in [4.69, 9.17) is 0 Å². The summed E-state index contributed by atoms with van der Waals surface area (Å²) < 4.78 is 0. The van der Waals surface area contributed by atoms with Gasteiger partial charge in [-0.15, -0.1) is 0 Å². The summed E-state index contributed by atoms with van der Waals surface area (Å²) in [6.07, 6.45) is 1.81. The van der Waals surface area contributed by atoms with Crippen LogP contribution in [0.1, 0.15) is 35.1 Å². The van der Waals surface area contributed by atoms with Crippen molar-refractivity contribution < 1.29 is 4.79 Å². The number of carbonyl (C=O) groups is 1. The number of benzene rings is 4. The molecule has 3 nitrogen and oxygen atoms in total. The van der Waals surface area contributed by atoms with Crippen LogP contribution in [0.25, 0.3) is 0 Å². The maximum absolute atomic E-state index is 13.2. The highest BCUT2D eigenvalue weighted by Gasteiger charge is 2.59. The topological polar surface area (TPSA) is 41.1 Å². The number of amides is 2. The van der Waals surface area contributed by atoms with Gasteiger partial charge in [-0.1, -0.05) is 121 Å². The second kappa shape index (κ2) is 8.18. The fourth-order valence-corrected chi connectivity index (χ4v) is 5.78. The zero-order valence-electron chi connectivity index (χ0n) is 19.0. The third-order valence-corrected chi connectivity index (χ3v) is 7.69. The first-order valence-electron chi connectivity index (χ1n) is 12.0. The van der Waals surface area contributed by atoms with Gasteiger partial charge in [-0.2, -0.15) is 0 Å². The fraction of sp³-hybridized carbons (Fsp3) is 0.194. The third kappa shape index (κ3) is 3.40. The van der Waals surface area contributed by atoms with Crippen LogP contribution in [-0.4, -0.2) is 18.1 Å². The van der Waals surface area contributed by atoms with Crippen molar-refractivity contribution >= 4 is 6.03 Å². The predicted molar refractivity (Wildman–Crippen MR) is 136 cm³/mol. The van der Waals surface area contributed by atoms with E-state index < -0.39 is 0 Å². The van der Waals surface area contributed by atoms with Gasteiger partial charge in [0.25, 0.3) is 0 Å². The smallest absolute Gasteiger partial charge is 0.315 e. The standard InChI is InChI=1S/C31H28N2O/c34-29(32-27-21-30(27,23-13-5-1-6-14-23)24-15-7-2-8-16-24)33-28-22-31(28,25-17-9-3-10-18-25)26-19-11-4-12-20-26/h1-20,27-28H,21-22H2,(H2,32,33,34)/t27-,28-/m1/s1. The Balaban J connectivity index is 1.22. The van der Waals surface area contributed by atoms with Crippen LogP contribution < -0.4 is 10.6 Å². The van der Waals surface area contributed by atoms with Gasteiger partial charge >= 0.3 is 6.03 Å². The highest BCUT2D eigenvalue weighted by molar-refractivity contribution is 5.77. The van der Waals surface area contributed by atoms with E-state index in [0.29, 0.717) is 0 Å². The molecule has 2 saturated carbocycles. The van der Waals surface area contributed by atoms with E-state index in [2.05, 4.69) is 108 Å². The number of hydrogen-bond donors (Lipinski definition) is 2. The Kier molecular flexibility index (Phi) is 4.99. The van der Waals surface area contributed by atoms with Gasteiger partial charge in [-0.05, 0) is 35.1 Å². The first-order valence-corrected chi connectivity index (χ1v) is 12.0. The van der Waals surface area contributed by atoms with E-state index in [1.54, 1.807) is 0 Å². The van der Waals surface area contributed by atoms with E-state index in [1.807, 2.05) is 24.3 Å². The van der Waals surface area contributed by atoms with Crippen LogP contribution in [0.2, 0.25) is 0 Å². The molecule has 34 heavy (non-hydrogen) atoms. The van der Waals surface area contributed by atoms with Crippen molar-refractivity contribution in [3.63, 3.8) is 0 Å². The van der Waals surface area contributed by atoms with Gasteiger partial charge in [0.05, 0.1) is 0 Å². The van der Waals surface area contributed by atoms with Gasteiger partial charge in [0.2, 0.25) is 0 Å². The van der Waals surface area contributed by atoms with Crippen LogP contribution in [0.15, 0.2) is 121 Å². The number of nitrogens with one attached hydrogen (secondary N) is 2. The molecular formula is C31H28N2O. The summed E-state index contributed by atoms with van der Waals surface area (Å²) in [6, 6.07) is 42.2. The quantitative estimate of drug-likeness (QED) is 0.388. The Bertz CT molecular complexity index is 1090. The Morgan fingerprint density at radius 1 is 0.500 bits per heavy atom. The van der Waals surface area contributed by atoms with Gasteiger partial charge in [0.15, 0.2) is 0 Å². The van der Waals surface area contributed by atoms with Gasteiger partial charge in [0, 0.05) is 22.9 Å². The summed E-state index contributed by atoms with van der Waals surface area (Å²) in [5, 5.41) is 6.61. The van der Waals surface area contributed by atoms with Crippen LogP contribution in [0, 0.1) is 0 Å². The molecule has 2 aliphatic rings. The summed E-state index contributed by atoms with van der Waals surface area (Å²) in [5.74, 6) is 0. The van der Waals surface area contributed by atoms with E-state index in [0.717, 1.165) is 12.8 Å². The summed E-state index contributed by atoms with van der Waals surface area (Å²) in [7, 11) is 0. The predicted octanol–water partition coefficient (Wildman–Crippen LogP) is 5.80. The van der Waals surface area contributed by atoms with Crippen molar-refractivity contribution in [2.24, 2.45) is 0 Å². The minimum absolute atomic E-state index is 0.0684. The molecule has 168 valence electrons. The van der Waals surface area contributed by atoms with Crippen LogP contribution in [0.4, 0.5) is 4.79 Å². The lowest BCUT2D eigenvalue weighted by Crippen LogP contribution is -2.42. The van der Waals surface area contributed by atoms with Crippen molar-refractivity contribution in [1.29, 1.82) is 0 Å². The zero-order valence-corrected chi connectivity index (χ0v) is 19.0. The minimum Gasteiger partial charge on any atom is -0.334 e. The fourth-order valence-electron chi connectivity index (χ4n) is 5.78. The molecule has 0 spiro atoms. The molecule has 2 N–H and O–H groups in total. The molecule has 3 heteroatoms. The van der Waals surface area contributed by atoms with E-state index in [-0.39, 0.29) is 28.9 Å². The molecular weight excluding hydrogens is 416 g/mol. The average molecular weight is 445 g/mol. The molecule has 2 fully saturated rings. The van der Waals surface area contributed by atoms with Gasteiger partial charge in [-0.3, -0.25) is 0 Å². The molecule has 2 atom stereocenters. The van der Waals surface area contributed by atoms with Crippen molar-refractivity contribution in [3.05, 3.63) is 144 Å². The molecule has 0 heterocycles. The minimum atomic E-state index is -0.167. The Labute approximate surface area is 200 Å². The summed E-state index contributed by atoms with van der Waals surface area (Å²) >= 11 is 0. The van der Waals surface area contributed by atoms with Gasteiger partial charge in [-0.25, -0.2) is 4.79 Å². The molecule has 0 saturated heterocycles. The van der Waals surface area contributed by atoms with Gasteiger partial charge < -0.3 is 10.6 Å². The highest BCUT2D eigenvalue weighted by atomic mass is 16.2. The first-order chi connectivity index (χ1) is 16.7. The molecule has 0 aromatic heterocycles. The molecule has 4 aromatic rings. The molecule has 2 aliphatic carbocycles. The van der Waals surface area contributed by atoms with Gasteiger partial charge in [0.1, 0.15) is 0 Å². The maximum atomic E-state index is 13.2. The molecule has 0 bridgehead atoms. The first kappa shape index (κ1) is 20.7. The normalized spacial score (nSPS) is 21.3. The third-order valence-electron chi connectivity index (χ3n) is 7.69. The van der Waals surface area contributed by atoms with Crippen molar-refractivity contribution in [2.75, 3.05) is 0 Å². The zero-order chi connectivity index (χ0) is 23.0. The summed E-state index contributed by atoms with van der Waals surface area (Å²) in [5.41, 5.74) is 4.67. The lowest BCUT2D eigenvalue weighted by molar-refractivity contribution is 0.239. The van der Waals surface area contributed by atoms with E-state index >= 15 is 0 Å². The number of carbonyl (C=O) groups excluding carboxylic acids is 1. The SMILES string of the molecule is O=C(N[C@@H]1CC1(c1ccccc1)c1ccccc1)N[C@@H]1CC1(c1ccccc1)c1ccccc1. The number of urea groups is 1. The van der Waals surface area contributed by atoms with Crippen LogP contribution in [0.5, 0.6) is 0 Å². The maximum Gasteiger partial charge on any atom is 0.315 e. The molecule has 4 aromatic carbocycles. The summed E-state index contributed by atoms with van der Waals surface area (Å²) in [6.45, 7) is 0. The second-order valence-electron chi connectivity index (χ2n) is 9.54. The lowest BCUT2D eigenvalue weighted by Gasteiger charge is -2.21. The Morgan fingerprint density at radius 3 is 1.03 bits per heavy atom. The van der Waals surface area contributed by atoms with E-state index in [9.17, 15) is 4.79 Å². The van der Waals surface area contributed by atoms with Crippen LogP contribution in [-0.2, 0) is 10.8 Å². The number of hydrogen-bond acceptors (Lipinski definition) is 1. The largest absolute Gasteiger partial charge is 0.334 e. The van der Waals surface area contributed by atoms with Crippen molar-refractivity contribution in [1.82, 2.24) is 10.6 Å². The molecule has 0 aliphatic heterocycles. The lowest BCUT2D eigenvalue weighted by atomic mass is 9.87. The van der Waals surface area contributed by atoms with E-state index in [1.165, 1.54) is 22.3 Å². The average Bonchev–Trinajstić information content (AvgIpc) is 3.81. The Morgan fingerprint density at radius 2 is 0.765 bits per heavy atom. The monoisotopic (exact) mass is 444 g/mol. The molecule has 6 rings (SSSR count). The van der Waals surface area contributed by atoms with Crippen LogP contribution in [0.3, 0.4) is 0 Å². The second-order valence-corrected chi connectivity index (χ2v) is 9.54. The number of rotatable bonds is 6.